The SMILES string of the molecule is COCCNCc1nnnn1-c1cc(F)ccc1Br. The highest BCUT2D eigenvalue weighted by Gasteiger charge is 2.11. The van der Waals surface area contributed by atoms with E-state index in [0.717, 1.165) is 4.47 Å². The predicted molar refractivity (Wildman–Crippen MR) is 70.4 cm³/mol. The zero-order valence-corrected chi connectivity index (χ0v) is 11.9. The zero-order chi connectivity index (χ0) is 13.7. The van der Waals surface area contributed by atoms with Gasteiger partial charge in [-0.15, -0.1) is 5.10 Å². The zero-order valence-electron chi connectivity index (χ0n) is 10.3. The summed E-state index contributed by atoms with van der Waals surface area (Å²) in [7, 11) is 1.63. The molecule has 0 radical (unpaired) electrons. The van der Waals surface area contributed by atoms with Gasteiger partial charge >= 0.3 is 0 Å². The average Bonchev–Trinajstić information content (AvgIpc) is 2.86. The molecule has 0 atom stereocenters. The normalized spacial score (nSPS) is 10.9. The number of ether oxygens (including phenoxy) is 1. The number of tetrazole rings is 1. The minimum Gasteiger partial charge on any atom is -0.383 e. The molecule has 0 saturated carbocycles. The van der Waals surface area contributed by atoms with Crippen molar-refractivity contribution in [2.75, 3.05) is 20.3 Å². The number of nitrogens with zero attached hydrogens (tertiary/aromatic N) is 4. The largest absolute Gasteiger partial charge is 0.383 e. The van der Waals surface area contributed by atoms with Gasteiger partial charge in [0.1, 0.15) is 5.82 Å². The lowest BCUT2D eigenvalue weighted by atomic mass is 10.3. The van der Waals surface area contributed by atoms with Gasteiger partial charge in [-0.25, -0.2) is 4.39 Å². The third kappa shape index (κ3) is 3.55. The lowest BCUT2D eigenvalue weighted by Crippen LogP contribution is -2.21. The fourth-order valence-corrected chi connectivity index (χ4v) is 1.94. The van der Waals surface area contributed by atoms with Crippen molar-refractivity contribution in [1.82, 2.24) is 25.5 Å². The molecule has 6 nitrogen and oxygen atoms in total. The standard InChI is InChI=1S/C11H13BrFN5O/c1-19-5-4-14-7-11-15-16-17-18(11)10-6-8(13)2-3-9(10)12/h2-3,6,14H,4-5,7H2,1H3. The van der Waals surface area contributed by atoms with Crippen LogP contribution in [-0.2, 0) is 11.3 Å². The quantitative estimate of drug-likeness (QED) is 0.809. The highest BCUT2D eigenvalue weighted by atomic mass is 79.9. The fraction of sp³-hybridized carbons (Fsp3) is 0.364. The summed E-state index contributed by atoms with van der Waals surface area (Å²) in [6, 6.07) is 4.36. The number of methoxy groups -OCH3 is 1. The number of halogens is 2. The molecule has 1 aromatic heterocycles. The van der Waals surface area contributed by atoms with Gasteiger partial charge in [-0.3, -0.25) is 0 Å². The van der Waals surface area contributed by atoms with E-state index in [2.05, 4.69) is 36.8 Å². The summed E-state index contributed by atoms with van der Waals surface area (Å²) < 4.78 is 20.4. The Bertz CT molecular complexity index is 548. The van der Waals surface area contributed by atoms with Gasteiger partial charge in [-0.1, -0.05) is 0 Å². The van der Waals surface area contributed by atoms with E-state index >= 15 is 0 Å². The van der Waals surface area contributed by atoms with E-state index in [-0.39, 0.29) is 5.82 Å². The minimum absolute atomic E-state index is 0.341. The topological polar surface area (TPSA) is 64.9 Å². The van der Waals surface area contributed by atoms with Gasteiger partial charge in [0.2, 0.25) is 0 Å². The monoisotopic (exact) mass is 329 g/mol. The Morgan fingerprint density at radius 2 is 2.32 bits per heavy atom. The van der Waals surface area contributed by atoms with E-state index < -0.39 is 0 Å². The van der Waals surface area contributed by atoms with Crippen LogP contribution < -0.4 is 5.32 Å². The number of benzene rings is 1. The summed E-state index contributed by atoms with van der Waals surface area (Å²) in [5.74, 6) is 0.259. The van der Waals surface area contributed by atoms with Crippen LogP contribution in [0, 0.1) is 5.82 Å². The van der Waals surface area contributed by atoms with Crippen LogP contribution in [0.2, 0.25) is 0 Å². The van der Waals surface area contributed by atoms with E-state index in [1.54, 1.807) is 13.2 Å². The first-order valence-corrected chi connectivity index (χ1v) is 6.44. The van der Waals surface area contributed by atoms with E-state index in [4.69, 9.17) is 4.74 Å². The van der Waals surface area contributed by atoms with Gasteiger partial charge in [0.15, 0.2) is 5.82 Å². The molecule has 0 fully saturated rings. The van der Waals surface area contributed by atoms with Crippen molar-refractivity contribution in [2.45, 2.75) is 6.54 Å². The van der Waals surface area contributed by atoms with Gasteiger partial charge in [-0.05, 0) is 38.5 Å². The third-order valence-corrected chi connectivity index (χ3v) is 3.11. The lowest BCUT2D eigenvalue weighted by Gasteiger charge is -2.07. The smallest absolute Gasteiger partial charge is 0.170 e. The summed E-state index contributed by atoms with van der Waals surface area (Å²) in [6.07, 6.45) is 0. The van der Waals surface area contributed by atoms with E-state index in [0.29, 0.717) is 31.2 Å². The Morgan fingerprint density at radius 1 is 1.47 bits per heavy atom. The highest BCUT2D eigenvalue weighted by molar-refractivity contribution is 9.10. The lowest BCUT2D eigenvalue weighted by molar-refractivity contribution is 0.199. The van der Waals surface area contributed by atoms with Crippen molar-refractivity contribution < 1.29 is 9.13 Å². The first-order valence-electron chi connectivity index (χ1n) is 5.64. The average molecular weight is 330 g/mol. The molecule has 2 aromatic rings. The van der Waals surface area contributed by atoms with Gasteiger partial charge in [0, 0.05) is 24.2 Å². The maximum atomic E-state index is 13.3. The molecule has 0 saturated heterocycles. The molecular formula is C11H13BrFN5O. The molecule has 0 aliphatic heterocycles. The molecule has 0 amide bonds. The van der Waals surface area contributed by atoms with Gasteiger partial charge in [0.05, 0.1) is 18.8 Å². The first-order chi connectivity index (χ1) is 9.22. The van der Waals surface area contributed by atoms with Crippen LogP contribution in [0.1, 0.15) is 5.82 Å². The fourth-order valence-electron chi connectivity index (χ4n) is 1.53. The molecule has 19 heavy (non-hydrogen) atoms. The Kier molecular flexibility index (Phi) is 4.94. The van der Waals surface area contributed by atoms with Gasteiger partial charge in [0.25, 0.3) is 0 Å². The molecular weight excluding hydrogens is 317 g/mol. The van der Waals surface area contributed by atoms with Crippen molar-refractivity contribution >= 4 is 15.9 Å². The Morgan fingerprint density at radius 3 is 3.11 bits per heavy atom. The Labute approximate surface area is 118 Å². The number of rotatable bonds is 6. The molecule has 0 bridgehead atoms. The molecule has 0 spiro atoms. The van der Waals surface area contributed by atoms with Crippen LogP contribution in [-0.4, -0.2) is 40.5 Å². The van der Waals surface area contributed by atoms with Crippen LogP contribution in [0.15, 0.2) is 22.7 Å². The molecule has 0 unspecified atom stereocenters. The number of hydrogen-bond donors (Lipinski definition) is 1. The number of aromatic nitrogens is 4. The van der Waals surface area contributed by atoms with Crippen LogP contribution in [0.5, 0.6) is 0 Å². The van der Waals surface area contributed by atoms with Crippen LogP contribution in [0.4, 0.5) is 4.39 Å². The second kappa shape index (κ2) is 6.69. The predicted octanol–water partition coefficient (Wildman–Crippen LogP) is 1.30. The van der Waals surface area contributed by atoms with Crippen molar-refractivity contribution in [3.8, 4) is 5.69 Å². The minimum atomic E-state index is -0.341. The van der Waals surface area contributed by atoms with Crippen molar-refractivity contribution in [2.24, 2.45) is 0 Å². The molecule has 1 heterocycles. The van der Waals surface area contributed by atoms with Crippen LogP contribution >= 0.6 is 15.9 Å². The first kappa shape index (κ1) is 14.0. The number of hydrogen-bond acceptors (Lipinski definition) is 5. The van der Waals surface area contributed by atoms with E-state index in [9.17, 15) is 4.39 Å². The maximum absolute atomic E-state index is 13.3. The summed E-state index contributed by atoms with van der Waals surface area (Å²) in [6.45, 7) is 1.76. The van der Waals surface area contributed by atoms with E-state index in [1.807, 2.05) is 0 Å². The molecule has 1 aromatic carbocycles. The molecule has 2 rings (SSSR count). The van der Waals surface area contributed by atoms with Crippen molar-refractivity contribution in [1.29, 1.82) is 0 Å². The number of nitrogens with one attached hydrogen (secondary N) is 1. The molecule has 8 heteroatoms. The van der Waals surface area contributed by atoms with Gasteiger partial charge in [-0.2, -0.15) is 4.68 Å². The summed E-state index contributed by atoms with van der Waals surface area (Å²) in [5.41, 5.74) is 0.563. The second-order valence-electron chi connectivity index (χ2n) is 3.77. The van der Waals surface area contributed by atoms with E-state index in [1.165, 1.54) is 16.8 Å². The summed E-state index contributed by atoms with van der Waals surface area (Å²) >= 11 is 3.36. The highest BCUT2D eigenvalue weighted by Crippen LogP contribution is 2.21. The summed E-state index contributed by atoms with van der Waals surface area (Å²) in [4.78, 5) is 0. The van der Waals surface area contributed by atoms with Crippen molar-refractivity contribution in [3.63, 3.8) is 0 Å². The summed E-state index contributed by atoms with van der Waals surface area (Å²) in [5, 5.41) is 14.5. The van der Waals surface area contributed by atoms with Crippen LogP contribution in [0.3, 0.4) is 0 Å². The van der Waals surface area contributed by atoms with Crippen molar-refractivity contribution in [3.05, 3.63) is 34.3 Å². The molecule has 102 valence electrons. The Balaban J connectivity index is 2.16. The second-order valence-corrected chi connectivity index (χ2v) is 4.63. The third-order valence-electron chi connectivity index (χ3n) is 2.44. The van der Waals surface area contributed by atoms with Crippen LogP contribution in [0.25, 0.3) is 5.69 Å². The molecule has 1 N–H and O–H groups in total. The molecule has 0 aliphatic carbocycles. The molecule has 0 aliphatic rings. The maximum Gasteiger partial charge on any atom is 0.170 e. The Hall–Kier alpha value is -1.38. The van der Waals surface area contributed by atoms with Gasteiger partial charge < -0.3 is 10.1 Å².